The zero-order chi connectivity index (χ0) is 26.3. The largest absolute Gasteiger partial charge is 0.378 e. The molecule has 0 aromatic heterocycles. The van der Waals surface area contributed by atoms with E-state index in [1.807, 2.05) is 31.2 Å². The molecule has 3 aliphatic heterocycles. The fraction of sp³-hybridized carbons (Fsp3) is 0.448. The van der Waals surface area contributed by atoms with Crippen molar-refractivity contribution in [2.24, 2.45) is 4.99 Å². The first-order valence-electron chi connectivity index (χ1n) is 13.0. The van der Waals surface area contributed by atoms with Gasteiger partial charge in [0.1, 0.15) is 0 Å². The molecule has 0 saturated carbocycles. The molecule has 0 N–H and O–H groups in total. The number of nitrogens with zero attached hydrogens (tertiary/aromatic N) is 4. The summed E-state index contributed by atoms with van der Waals surface area (Å²) >= 11 is 8.17. The van der Waals surface area contributed by atoms with Gasteiger partial charge in [0.2, 0.25) is 0 Å². The van der Waals surface area contributed by atoms with Gasteiger partial charge in [-0.15, -0.1) is 0 Å². The van der Waals surface area contributed by atoms with E-state index in [0.29, 0.717) is 27.6 Å². The Bertz CT molecular complexity index is 1250. The Morgan fingerprint density at radius 2 is 1.89 bits per heavy atom. The van der Waals surface area contributed by atoms with Gasteiger partial charge in [0.15, 0.2) is 5.17 Å². The summed E-state index contributed by atoms with van der Waals surface area (Å²) in [6.45, 7) is 12.6. The molecule has 0 radical (unpaired) electrons. The summed E-state index contributed by atoms with van der Waals surface area (Å²) in [5.74, 6) is 0.378. The van der Waals surface area contributed by atoms with E-state index in [9.17, 15) is 4.79 Å². The van der Waals surface area contributed by atoms with Crippen LogP contribution < -0.4 is 9.80 Å². The van der Waals surface area contributed by atoms with Crippen LogP contribution >= 0.6 is 23.4 Å². The number of carbonyl (C=O) groups is 1. The van der Waals surface area contributed by atoms with Gasteiger partial charge in [-0.05, 0) is 98.5 Å². The second kappa shape index (κ2) is 10.4. The van der Waals surface area contributed by atoms with Crippen LogP contribution in [0, 0.1) is 0 Å². The third-order valence-electron chi connectivity index (χ3n) is 7.69. The SMILES string of the molecule is CCN1C(=O)/C(=C/c2cc3c(cc2Cl)N(C)C(C)(C)CC3C)SC1=Nc1ccc(N2CCOCC2)cc1. The minimum Gasteiger partial charge on any atom is -0.378 e. The average Bonchev–Trinajstić information content (AvgIpc) is 3.17. The third-order valence-corrected chi connectivity index (χ3v) is 9.03. The summed E-state index contributed by atoms with van der Waals surface area (Å²) in [5.41, 5.74) is 5.39. The van der Waals surface area contributed by atoms with Crippen molar-refractivity contribution >= 4 is 57.6 Å². The molecule has 3 heterocycles. The number of hydrogen-bond acceptors (Lipinski definition) is 6. The Labute approximate surface area is 229 Å². The van der Waals surface area contributed by atoms with Crippen LogP contribution in [0.3, 0.4) is 0 Å². The molecule has 2 saturated heterocycles. The van der Waals surface area contributed by atoms with Gasteiger partial charge in [-0.1, -0.05) is 18.5 Å². The van der Waals surface area contributed by atoms with Gasteiger partial charge < -0.3 is 14.5 Å². The number of anilines is 2. The van der Waals surface area contributed by atoms with E-state index in [4.69, 9.17) is 21.3 Å². The first-order valence-corrected chi connectivity index (χ1v) is 14.2. The molecular formula is C29H35ClN4O2S. The lowest BCUT2D eigenvalue weighted by Gasteiger charge is -2.45. The summed E-state index contributed by atoms with van der Waals surface area (Å²) in [7, 11) is 2.13. The van der Waals surface area contributed by atoms with Crippen LogP contribution in [0.5, 0.6) is 0 Å². The number of amidine groups is 1. The lowest BCUT2D eigenvalue weighted by molar-refractivity contribution is -0.122. The summed E-state index contributed by atoms with van der Waals surface area (Å²) in [5, 5.41) is 1.35. The number of morpholine rings is 1. The van der Waals surface area contributed by atoms with Crippen LogP contribution in [-0.2, 0) is 9.53 Å². The quantitative estimate of drug-likeness (QED) is 0.415. The molecule has 5 rings (SSSR count). The molecule has 1 atom stereocenters. The second-order valence-electron chi connectivity index (χ2n) is 10.6. The van der Waals surface area contributed by atoms with Crippen molar-refractivity contribution < 1.29 is 9.53 Å². The van der Waals surface area contributed by atoms with Crippen LogP contribution in [0.25, 0.3) is 6.08 Å². The molecule has 6 nitrogen and oxygen atoms in total. The maximum absolute atomic E-state index is 13.3. The van der Waals surface area contributed by atoms with Gasteiger partial charge in [-0.2, -0.15) is 0 Å². The van der Waals surface area contributed by atoms with E-state index < -0.39 is 0 Å². The molecule has 37 heavy (non-hydrogen) atoms. The zero-order valence-electron chi connectivity index (χ0n) is 22.3. The zero-order valence-corrected chi connectivity index (χ0v) is 23.8. The second-order valence-corrected chi connectivity index (χ2v) is 12.0. The van der Waals surface area contributed by atoms with Crippen LogP contribution in [0.1, 0.15) is 51.2 Å². The monoisotopic (exact) mass is 538 g/mol. The first-order chi connectivity index (χ1) is 17.7. The molecule has 0 aliphatic carbocycles. The van der Waals surface area contributed by atoms with Crippen LogP contribution in [0.15, 0.2) is 46.3 Å². The number of hydrogen-bond donors (Lipinski definition) is 0. The normalized spacial score (nSPS) is 23.8. The van der Waals surface area contributed by atoms with Crippen molar-refractivity contribution in [1.29, 1.82) is 0 Å². The highest BCUT2D eigenvalue weighted by atomic mass is 35.5. The maximum atomic E-state index is 13.3. The van der Waals surface area contributed by atoms with Gasteiger partial charge in [-0.25, -0.2) is 4.99 Å². The van der Waals surface area contributed by atoms with Gasteiger partial charge in [0, 0.05) is 48.6 Å². The lowest BCUT2D eigenvalue weighted by atomic mass is 9.80. The number of thioether (sulfide) groups is 1. The third kappa shape index (κ3) is 5.14. The molecular weight excluding hydrogens is 504 g/mol. The number of carbonyl (C=O) groups excluding carboxylic acids is 1. The molecule has 2 aromatic carbocycles. The van der Waals surface area contributed by atoms with Gasteiger partial charge in [0.25, 0.3) is 5.91 Å². The van der Waals surface area contributed by atoms with E-state index in [1.54, 1.807) is 4.90 Å². The average molecular weight is 539 g/mol. The van der Waals surface area contributed by atoms with Crippen LogP contribution in [0.2, 0.25) is 5.02 Å². The topological polar surface area (TPSA) is 48.4 Å². The minimum absolute atomic E-state index is 0.0312. The summed E-state index contributed by atoms with van der Waals surface area (Å²) in [4.78, 5) is 25.1. The molecule has 0 bridgehead atoms. The fourth-order valence-electron chi connectivity index (χ4n) is 5.40. The number of likely N-dealkylation sites (N-methyl/N-ethyl adjacent to an activating group) is 1. The molecule has 0 spiro atoms. The van der Waals surface area contributed by atoms with Gasteiger partial charge in [-0.3, -0.25) is 9.69 Å². The summed E-state index contributed by atoms with van der Waals surface area (Å²) < 4.78 is 5.45. The smallest absolute Gasteiger partial charge is 0.266 e. The van der Waals surface area contributed by atoms with E-state index in [1.165, 1.54) is 28.7 Å². The van der Waals surface area contributed by atoms with Crippen LogP contribution in [0.4, 0.5) is 17.1 Å². The predicted molar refractivity (Wildman–Crippen MR) is 156 cm³/mol. The Hall–Kier alpha value is -2.48. The van der Waals surface area contributed by atoms with Gasteiger partial charge in [0.05, 0.1) is 23.8 Å². The summed E-state index contributed by atoms with van der Waals surface area (Å²) in [6.07, 6.45) is 2.99. The maximum Gasteiger partial charge on any atom is 0.266 e. The molecule has 196 valence electrons. The number of ether oxygens (including phenoxy) is 1. The fourth-order valence-corrected chi connectivity index (χ4v) is 6.66. The van der Waals surface area contributed by atoms with Gasteiger partial charge >= 0.3 is 0 Å². The highest BCUT2D eigenvalue weighted by Gasteiger charge is 2.36. The van der Waals surface area contributed by atoms with Crippen LogP contribution in [-0.4, -0.2) is 61.4 Å². The van der Waals surface area contributed by atoms with E-state index in [-0.39, 0.29) is 11.4 Å². The van der Waals surface area contributed by atoms with Crippen molar-refractivity contribution in [3.8, 4) is 0 Å². The minimum atomic E-state index is -0.0312. The number of aliphatic imine (C=N–C) groups is 1. The number of rotatable bonds is 4. The first kappa shape index (κ1) is 26.1. The van der Waals surface area contributed by atoms with Crippen molar-refractivity contribution in [2.75, 3.05) is 49.7 Å². The lowest BCUT2D eigenvalue weighted by Crippen LogP contribution is -2.45. The highest BCUT2D eigenvalue weighted by molar-refractivity contribution is 8.18. The molecule has 2 fully saturated rings. The number of amides is 1. The number of halogens is 1. The molecule has 1 amide bonds. The Morgan fingerprint density at radius 1 is 1.19 bits per heavy atom. The molecule has 8 heteroatoms. The standard InChI is InChI=1S/C29H35ClN4O2S/c1-6-34-27(35)26(16-20-15-23-19(2)18-29(3,4)32(5)25(23)17-24(20)30)37-28(34)31-21-7-9-22(10-8-21)33-11-13-36-14-12-33/h7-10,15-17,19H,6,11-14,18H2,1-5H3/b26-16-,31-28?. The van der Waals surface area contributed by atoms with E-state index in [2.05, 4.69) is 55.8 Å². The Balaban J connectivity index is 1.41. The Morgan fingerprint density at radius 3 is 2.57 bits per heavy atom. The predicted octanol–water partition coefficient (Wildman–Crippen LogP) is 6.52. The molecule has 2 aromatic rings. The number of benzene rings is 2. The van der Waals surface area contributed by atoms with E-state index in [0.717, 1.165) is 44.0 Å². The summed E-state index contributed by atoms with van der Waals surface area (Å²) in [6, 6.07) is 12.4. The van der Waals surface area contributed by atoms with Crippen molar-refractivity contribution in [1.82, 2.24) is 4.90 Å². The van der Waals surface area contributed by atoms with E-state index >= 15 is 0 Å². The van der Waals surface area contributed by atoms with Crippen molar-refractivity contribution in [2.45, 2.75) is 45.6 Å². The molecule has 1 unspecified atom stereocenters. The highest BCUT2D eigenvalue weighted by Crippen LogP contribution is 2.45. The Kier molecular flexibility index (Phi) is 7.31. The molecule has 3 aliphatic rings. The van der Waals surface area contributed by atoms with Crippen molar-refractivity contribution in [3.05, 3.63) is 57.5 Å². The van der Waals surface area contributed by atoms with Crippen molar-refractivity contribution in [3.63, 3.8) is 0 Å². The number of fused-ring (bicyclic) bond motifs is 1.